The Morgan fingerprint density at radius 1 is 1.29 bits per heavy atom. The van der Waals surface area contributed by atoms with E-state index in [1.54, 1.807) is 13.0 Å². The molecule has 0 aliphatic carbocycles. The van der Waals surface area contributed by atoms with Crippen LogP contribution in [-0.4, -0.2) is 75.1 Å². The largest absolute Gasteiger partial charge is 0.497 e. The van der Waals surface area contributed by atoms with E-state index in [0.29, 0.717) is 0 Å². The molecule has 4 N–H and O–H groups in total. The fourth-order valence-electron chi connectivity index (χ4n) is 4.05. The number of halogens is 6. The summed E-state index contributed by atoms with van der Waals surface area (Å²) in [5.74, 6) is -2.35. The van der Waals surface area contributed by atoms with Crippen molar-refractivity contribution in [3.8, 4) is 11.3 Å². The highest BCUT2D eigenvalue weighted by atomic mass is 35.5. The number of aromatic nitrogens is 3. The molecule has 2 aromatic rings. The summed E-state index contributed by atoms with van der Waals surface area (Å²) in [4.78, 5) is 8.14. The van der Waals surface area contributed by atoms with Gasteiger partial charge in [-0.25, -0.2) is 23.4 Å². The predicted octanol–water partition coefficient (Wildman–Crippen LogP) is 4.26. The lowest BCUT2D eigenvalue weighted by molar-refractivity contribution is -0.137. The van der Waals surface area contributed by atoms with Crippen LogP contribution >= 0.6 is 11.6 Å². The zero-order valence-corrected chi connectivity index (χ0v) is 23.3. The molecule has 0 bridgehead atoms. The highest BCUT2D eigenvalue weighted by Gasteiger charge is 2.41. The van der Waals surface area contributed by atoms with Crippen molar-refractivity contribution in [1.82, 2.24) is 15.0 Å². The Hall–Kier alpha value is -3.66. The zero-order valence-electron chi connectivity index (χ0n) is 22.6. The van der Waals surface area contributed by atoms with Crippen LogP contribution in [0.4, 0.5) is 22.0 Å². The van der Waals surface area contributed by atoms with Gasteiger partial charge in [-0.1, -0.05) is 22.9 Å². The van der Waals surface area contributed by atoms with Crippen molar-refractivity contribution in [3.05, 3.63) is 70.7 Å². The summed E-state index contributed by atoms with van der Waals surface area (Å²) in [5.41, 5.74) is 5.18. The summed E-state index contributed by atoms with van der Waals surface area (Å²) in [5, 5.41) is 28.0. The van der Waals surface area contributed by atoms with E-state index in [9.17, 15) is 32.2 Å². The van der Waals surface area contributed by atoms with Crippen LogP contribution in [0.15, 0.2) is 64.1 Å². The molecule has 0 saturated carbocycles. The van der Waals surface area contributed by atoms with Crippen LogP contribution in [0.5, 0.6) is 0 Å². The second-order valence-electron chi connectivity index (χ2n) is 9.06. The number of aliphatic hydroxyl groups excluding tert-OH is 2. The molecule has 0 radical (unpaired) electrons. The number of methoxy groups -OCH3 is 1. The number of allylic oxidation sites excluding steroid dienone is 4. The minimum Gasteiger partial charge on any atom is -0.497 e. The average Bonchev–Trinajstić information content (AvgIpc) is 3.40. The molecule has 4 unspecified atom stereocenters. The molecule has 228 valence electrons. The molecule has 2 heterocycles. The van der Waals surface area contributed by atoms with Gasteiger partial charge in [0, 0.05) is 24.1 Å². The second kappa shape index (κ2) is 14.0. The molecule has 16 heteroatoms. The first kappa shape index (κ1) is 32.8. The standard InChI is InChI=1S/C26H28ClF5N6O4/c1-4-5-16(41-3)8-15(10-26(30,31)32)35-25(34-13(2)33)21-9-20(24(40)22(12-39)42-21)38-11-19(36-37-38)14-6-17(28)23(27)18(29)7-14/h4-8,10-11,20-22,24,39-40H,9,12H2,1-3H3,(H2,33,34,35)/b5-4-,15-10-,16-8+. The zero-order chi connectivity index (χ0) is 31.2. The molecule has 3 rings (SSSR count). The Kier molecular flexibility index (Phi) is 11.0. The van der Waals surface area contributed by atoms with Crippen LogP contribution in [0.25, 0.3) is 11.3 Å². The summed E-state index contributed by atoms with van der Waals surface area (Å²) in [6.45, 7) is 2.33. The number of alkyl halides is 3. The van der Waals surface area contributed by atoms with Crippen LogP contribution < -0.4 is 5.73 Å². The normalized spacial score (nSPS) is 23.1. The lowest BCUT2D eigenvalue weighted by Crippen LogP contribution is -2.50. The number of rotatable bonds is 8. The van der Waals surface area contributed by atoms with Crippen molar-refractivity contribution >= 4 is 23.3 Å². The average molecular weight is 619 g/mol. The second-order valence-corrected chi connectivity index (χ2v) is 9.44. The van der Waals surface area contributed by atoms with Gasteiger partial charge in [-0.05, 0) is 32.1 Å². The van der Waals surface area contributed by atoms with Gasteiger partial charge in [0.25, 0.3) is 0 Å². The molecule has 1 aromatic carbocycles. The first-order valence-electron chi connectivity index (χ1n) is 12.3. The number of aliphatic hydroxyl groups is 2. The van der Waals surface area contributed by atoms with Crippen molar-refractivity contribution in [2.75, 3.05) is 13.7 Å². The molecular weight excluding hydrogens is 591 g/mol. The Morgan fingerprint density at radius 2 is 1.95 bits per heavy atom. The van der Waals surface area contributed by atoms with E-state index in [2.05, 4.69) is 20.3 Å². The third-order valence-corrected chi connectivity index (χ3v) is 6.23. The van der Waals surface area contributed by atoms with Crippen molar-refractivity contribution in [2.24, 2.45) is 15.7 Å². The van der Waals surface area contributed by atoms with Crippen molar-refractivity contribution in [1.29, 1.82) is 0 Å². The van der Waals surface area contributed by atoms with Crippen molar-refractivity contribution in [3.63, 3.8) is 0 Å². The molecule has 0 spiro atoms. The maximum Gasteiger partial charge on any atom is 0.411 e. The summed E-state index contributed by atoms with van der Waals surface area (Å²) >= 11 is 5.55. The number of hydrogen-bond acceptors (Lipinski definition) is 7. The van der Waals surface area contributed by atoms with Gasteiger partial charge in [0.15, 0.2) is 5.84 Å². The van der Waals surface area contributed by atoms with Gasteiger partial charge >= 0.3 is 6.18 Å². The quantitative estimate of drug-likeness (QED) is 0.100. The highest BCUT2D eigenvalue weighted by molar-refractivity contribution is 6.31. The Bertz CT molecular complexity index is 1400. The molecule has 10 nitrogen and oxygen atoms in total. The molecule has 0 amide bonds. The van der Waals surface area contributed by atoms with Crippen LogP contribution in [0.3, 0.4) is 0 Å². The van der Waals surface area contributed by atoms with Crippen LogP contribution in [0.1, 0.15) is 26.3 Å². The summed E-state index contributed by atoms with van der Waals surface area (Å²) in [6.07, 6.45) is -3.56. The minimum atomic E-state index is -4.77. The van der Waals surface area contributed by atoms with E-state index in [4.69, 9.17) is 26.8 Å². The molecule has 1 aromatic heterocycles. The summed E-state index contributed by atoms with van der Waals surface area (Å²) in [6, 6.07) is 0.908. The Labute approximate surface area is 242 Å². The first-order chi connectivity index (χ1) is 19.8. The molecular formula is C26H28ClF5N6O4. The number of ether oxygens (including phenoxy) is 2. The van der Waals surface area contributed by atoms with E-state index in [-0.39, 0.29) is 41.2 Å². The summed E-state index contributed by atoms with van der Waals surface area (Å²) < 4.78 is 80.3. The third-order valence-electron chi connectivity index (χ3n) is 5.87. The van der Waals surface area contributed by atoms with E-state index in [1.807, 2.05) is 0 Å². The Balaban J connectivity index is 2.07. The first-order valence-corrected chi connectivity index (χ1v) is 12.7. The minimum absolute atomic E-state index is 0.00635. The number of amidine groups is 2. The van der Waals surface area contributed by atoms with Gasteiger partial charge < -0.3 is 25.4 Å². The van der Waals surface area contributed by atoms with E-state index < -0.39 is 59.5 Å². The molecule has 42 heavy (non-hydrogen) atoms. The highest BCUT2D eigenvalue weighted by Crippen LogP contribution is 2.33. The monoisotopic (exact) mass is 618 g/mol. The number of benzene rings is 1. The van der Waals surface area contributed by atoms with Crippen molar-refractivity contribution in [2.45, 2.75) is 50.8 Å². The smallest absolute Gasteiger partial charge is 0.411 e. The Morgan fingerprint density at radius 3 is 2.50 bits per heavy atom. The van der Waals surface area contributed by atoms with Crippen LogP contribution in [0.2, 0.25) is 5.02 Å². The van der Waals surface area contributed by atoms with Gasteiger partial charge in [0.2, 0.25) is 0 Å². The number of aliphatic imine (C=N–C) groups is 2. The van der Waals surface area contributed by atoms with Gasteiger partial charge in [-0.3, -0.25) is 0 Å². The lowest BCUT2D eigenvalue weighted by Gasteiger charge is -2.38. The van der Waals surface area contributed by atoms with Gasteiger partial charge in [-0.2, -0.15) is 13.2 Å². The topological polar surface area (TPSA) is 140 Å². The third kappa shape index (κ3) is 8.44. The van der Waals surface area contributed by atoms with Gasteiger partial charge in [-0.15, -0.1) is 5.10 Å². The predicted molar refractivity (Wildman–Crippen MR) is 145 cm³/mol. The number of nitrogens with two attached hydrogens (primary N) is 1. The summed E-state index contributed by atoms with van der Waals surface area (Å²) in [7, 11) is 1.27. The van der Waals surface area contributed by atoms with Crippen LogP contribution in [0, 0.1) is 11.6 Å². The molecule has 1 saturated heterocycles. The maximum atomic E-state index is 14.0. The van der Waals surface area contributed by atoms with E-state index >= 15 is 0 Å². The van der Waals surface area contributed by atoms with Crippen LogP contribution in [-0.2, 0) is 9.47 Å². The molecule has 1 fully saturated rings. The van der Waals surface area contributed by atoms with Gasteiger partial charge in [0.1, 0.15) is 46.4 Å². The fraction of sp³-hybridized carbons (Fsp3) is 0.385. The van der Waals surface area contributed by atoms with Gasteiger partial charge in [0.05, 0.1) is 37.5 Å². The number of nitrogens with zero attached hydrogens (tertiary/aromatic N) is 5. The SMILES string of the molecule is C\C=C/C(=C\C(=C\C(F)(F)F)N=C(N=C(C)N)C1CC(n2cc(-c3cc(F)c(Cl)c(F)c3)nn2)C(O)C(CO)O1)OC. The maximum absolute atomic E-state index is 14.0. The van der Waals surface area contributed by atoms with Crippen molar-refractivity contribution < 1.29 is 41.6 Å². The molecule has 4 atom stereocenters. The molecule has 1 aliphatic heterocycles. The fourth-order valence-corrected chi connectivity index (χ4v) is 4.16. The molecule has 1 aliphatic rings. The number of hydrogen-bond donors (Lipinski definition) is 3. The van der Waals surface area contributed by atoms with E-state index in [1.165, 1.54) is 31.0 Å². The lowest BCUT2D eigenvalue weighted by atomic mass is 9.95. The van der Waals surface area contributed by atoms with E-state index in [0.717, 1.165) is 18.2 Å².